The van der Waals surface area contributed by atoms with E-state index in [1.54, 1.807) is 34.5 Å². The van der Waals surface area contributed by atoms with E-state index in [0.29, 0.717) is 12.2 Å². The van der Waals surface area contributed by atoms with E-state index >= 15 is 0 Å². The molecule has 7 nitrogen and oxygen atoms in total. The summed E-state index contributed by atoms with van der Waals surface area (Å²) in [7, 11) is 0. The van der Waals surface area contributed by atoms with Crippen molar-refractivity contribution in [1.29, 1.82) is 5.26 Å². The lowest BCUT2D eigenvalue weighted by molar-refractivity contribution is 0.202. The zero-order valence-corrected chi connectivity index (χ0v) is 15.9. The number of aromatic nitrogens is 3. The smallest absolute Gasteiger partial charge is 0.263 e. The van der Waals surface area contributed by atoms with Crippen LogP contribution >= 0.6 is 11.3 Å². The van der Waals surface area contributed by atoms with E-state index in [2.05, 4.69) is 32.8 Å². The summed E-state index contributed by atoms with van der Waals surface area (Å²) in [5.41, 5.74) is 0.650. The van der Waals surface area contributed by atoms with Crippen molar-refractivity contribution in [2.75, 3.05) is 31.1 Å². The van der Waals surface area contributed by atoms with E-state index in [4.69, 9.17) is 5.26 Å². The molecular formula is C19H20N6OS. The molecule has 4 heterocycles. The number of hydrogen-bond acceptors (Lipinski definition) is 7. The number of aryl methyl sites for hydroxylation is 1. The predicted molar refractivity (Wildman–Crippen MR) is 106 cm³/mol. The van der Waals surface area contributed by atoms with Crippen LogP contribution in [0.15, 0.2) is 35.5 Å². The van der Waals surface area contributed by atoms with E-state index in [1.165, 1.54) is 4.88 Å². The van der Waals surface area contributed by atoms with Crippen LogP contribution in [-0.2, 0) is 13.1 Å². The molecule has 27 heavy (non-hydrogen) atoms. The van der Waals surface area contributed by atoms with Gasteiger partial charge in [-0.1, -0.05) is 6.92 Å². The maximum atomic E-state index is 12.7. The average Bonchev–Trinajstić information content (AvgIpc) is 3.15. The predicted octanol–water partition coefficient (Wildman–Crippen LogP) is 2.07. The fourth-order valence-corrected chi connectivity index (χ4v) is 4.20. The number of pyridine rings is 1. The van der Waals surface area contributed by atoms with E-state index in [9.17, 15) is 4.79 Å². The third kappa shape index (κ3) is 3.56. The summed E-state index contributed by atoms with van der Waals surface area (Å²) in [6, 6.07) is 7.65. The lowest BCUT2D eigenvalue weighted by Gasteiger charge is -2.35. The van der Waals surface area contributed by atoms with Crippen LogP contribution in [0.1, 0.15) is 17.4 Å². The van der Waals surface area contributed by atoms with Crippen molar-refractivity contribution in [2.45, 2.75) is 20.0 Å². The summed E-state index contributed by atoms with van der Waals surface area (Å²) in [6.07, 6.45) is 4.25. The lowest BCUT2D eigenvalue weighted by Crippen LogP contribution is -2.48. The largest absolute Gasteiger partial charge is 0.354 e. The van der Waals surface area contributed by atoms with E-state index < -0.39 is 0 Å². The fourth-order valence-electron chi connectivity index (χ4n) is 3.28. The van der Waals surface area contributed by atoms with Gasteiger partial charge in [-0.2, -0.15) is 5.26 Å². The molecule has 1 aliphatic rings. The molecule has 0 spiro atoms. The molecule has 0 aliphatic carbocycles. The highest BCUT2D eigenvalue weighted by molar-refractivity contribution is 7.18. The Morgan fingerprint density at radius 1 is 1.22 bits per heavy atom. The van der Waals surface area contributed by atoms with Crippen LogP contribution in [0.25, 0.3) is 10.2 Å². The van der Waals surface area contributed by atoms with Crippen LogP contribution in [0.5, 0.6) is 0 Å². The Bertz CT molecular complexity index is 1060. The standard InChI is InChI=1S/C19H20N6OS/c1-2-15-10-16-18(27-15)22-12-25(19(16)26)13-23-5-7-24(8-6-23)17-9-14(11-20)3-4-21-17/h3-4,9-10,12H,2,5-8,13H2,1H3. The molecule has 0 amide bonds. The van der Waals surface area contributed by atoms with E-state index in [1.807, 2.05) is 12.1 Å². The second-order valence-corrected chi connectivity index (χ2v) is 7.68. The van der Waals surface area contributed by atoms with Gasteiger partial charge in [-0.05, 0) is 24.6 Å². The van der Waals surface area contributed by atoms with Crippen LogP contribution in [0.4, 0.5) is 5.82 Å². The molecule has 0 aromatic carbocycles. The molecule has 1 saturated heterocycles. The number of hydrogen-bond donors (Lipinski definition) is 0. The Kier molecular flexibility index (Phi) is 4.88. The van der Waals surface area contributed by atoms with Crippen LogP contribution < -0.4 is 10.5 Å². The topological polar surface area (TPSA) is 78.0 Å². The van der Waals surface area contributed by atoms with Crippen molar-refractivity contribution in [3.8, 4) is 6.07 Å². The van der Waals surface area contributed by atoms with E-state index in [0.717, 1.165) is 48.6 Å². The number of anilines is 1. The number of rotatable bonds is 4. The molecule has 8 heteroatoms. The highest BCUT2D eigenvalue weighted by Gasteiger charge is 2.19. The van der Waals surface area contributed by atoms with Gasteiger partial charge in [0.2, 0.25) is 0 Å². The van der Waals surface area contributed by atoms with Gasteiger partial charge in [-0.15, -0.1) is 11.3 Å². The molecule has 0 unspecified atom stereocenters. The zero-order valence-electron chi connectivity index (χ0n) is 15.1. The summed E-state index contributed by atoms with van der Waals surface area (Å²) in [6.45, 7) is 5.90. The van der Waals surface area contributed by atoms with Gasteiger partial charge >= 0.3 is 0 Å². The fraction of sp³-hybridized carbons (Fsp3) is 0.368. The van der Waals surface area contributed by atoms with Gasteiger partial charge in [0.1, 0.15) is 17.0 Å². The number of thiophene rings is 1. The van der Waals surface area contributed by atoms with Crippen molar-refractivity contribution in [3.05, 3.63) is 51.5 Å². The first-order chi connectivity index (χ1) is 13.2. The number of nitrogens with zero attached hydrogens (tertiary/aromatic N) is 6. The normalized spacial score (nSPS) is 15.2. The van der Waals surface area contributed by atoms with Gasteiger partial charge < -0.3 is 4.90 Å². The first-order valence-corrected chi connectivity index (χ1v) is 9.81. The second kappa shape index (κ2) is 7.47. The van der Waals surface area contributed by atoms with Crippen molar-refractivity contribution in [3.63, 3.8) is 0 Å². The summed E-state index contributed by atoms with van der Waals surface area (Å²) in [5, 5.41) is 9.76. The Labute approximate surface area is 161 Å². The third-order valence-electron chi connectivity index (χ3n) is 4.84. The van der Waals surface area contributed by atoms with Gasteiger partial charge in [0, 0.05) is 37.3 Å². The first-order valence-electron chi connectivity index (χ1n) is 8.99. The van der Waals surface area contributed by atoms with Gasteiger partial charge in [0.05, 0.1) is 23.7 Å². The summed E-state index contributed by atoms with van der Waals surface area (Å²) < 4.78 is 1.69. The Balaban J connectivity index is 1.45. The molecule has 0 N–H and O–H groups in total. The molecule has 0 bridgehead atoms. The van der Waals surface area contributed by atoms with Crippen LogP contribution in [-0.4, -0.2) is 45.6 Å². The molecule has 138 valence electrons. The minimum Gasteiger partial charge on any atom is -0.354 e. The summed E-state index contributed by atoms with van der Waals surface area (Å²) >= 11 is 1.59. The molecule has 4 rings (SSSR count). The van der Waals surface area contributed by atoms with Crippen molar-refractivity contribution < 1.29 is 0 Å². The molecule has 0 atom stereocenters. The van der Waals surface area contributed by atoms with Gasteiger partial charge in [-0.25, -0.2) is 9.97 Å². The van der Waals surface area contributed by atoms with Gasteiger partial charge in [0.25, 0.3) is 5.56 Å². The lowest BCUT2D eigenvalue weighted by atomic mass is 10.2. The Morgan fingerprint density at radius 3 is 2.78 bits per heavy atom. The molecule has 3 aromatic rings. The zero-order chi connectivity index (χ0) is 18.8. The molecule has 0 radical (unpaired) electrons. The van der Waals surface area contributed by atoms with Crippen LogP contribution in [0.2, 0.25) is 0 Å². The maximum Gasteiger partial charge on any atom is 0.263 e. The number of fused-ring (bicyclic) bond motifs is 1. The van der Waals surface area contributed by atoms with Crippen molar-refractivity contribution in [2.24, 2.45) is 0 Å². The molecule has 1 fully saturated rings. The first kappa shape index (κ1) is 17.6. The Hall–Kier alpha value is -2.76. The molecular weight excluding hydrogens is 360 g/mol. The van der Waals surface area contributed by atoms with Crippen LogP contribution in [0, 0.1) is 11.3 Å². The quantitative estimate of drug-likeness (QED) is 0.689. The van der Waals surface area contributed by atoms with Crippen molar-refractivity contribution in [1.82, 2.24) is 19.4 Å². The minimum absolute atomic E-state index is 0.0294. The third-order valence-corrected chi connectivity index (χ3v) is 6.03. The molecule has 1 aliphatic heterocycles. The highest BCUT2D eigenvalue weighted by atomic mass is 32.1. The minimum atomic E-state index is 0.0294. The maximum absolute atomic E-state index is 12.7. The SMILES string of the molecule is CCc1cc2c(=O)n(CN3CCN(c4cc(C#N)ccn4)CC3)cnc2s1. The van der Waals surface area contributed by atoms with Gasteiger partial charge in [-0.3, -0.25) is 14.3 Å². The number of piperazine rings is 1. The summed E-state index contributed by atoms with van der Waals surface area (Å²) in [4.78, 5) is 28.0. The van der Waals surface area contributed by atoms with Gasteiger partial charge in [0.15, 0.2) is 0 Å². The monoisotopic (exact) mass is 380 g/mol. The summed E-state index contributed by atoms with van der Waals surface area (Å²) in [5.74, 6) is 0.833. The Morgan fingerprint density at radius 2 is 2.04 bits per heavy atom. The molecule has 3 aromatic heterocycles. The average molecular weight is 380 g/mol. The molecule has 0 saturated carbocycles. The highest BCUT2D eigenvalue weighted by Crippen LogP contribution is 2.21. The van der Waals surface area contributed by atoms with Crippen LogP contribution in [0.3, 0.4) is 0 Å². The van der Waals surface area contributed by atoms with Crippen molar-refractivity contribution >= 4 is 27.4 Å². The van der Waals surface area contributed by atoms with E-state index in [-0.39, 0.29) is 5.56 Å². The second-order valence-electron chi connectivity index (χ2n) is 6.57. The number of nitriles is 1.